The van der Waals surface area contributed by atoms with E-state index in [9.17, 15) is 4.39 Å². The SMILES string of the molecule is CC(C)Cn1nnnc1SCc1nc(N)nc(Nc2ccc(F)cc2)n1. The van der Waals surface area contributed by atoms with Gasteiger partial charge in [0, 0.05) is 12.2 Å². The molecule has 11 heteroatoms. The van der Waals surface area contributed by atoms with Gasteiger partial charge in [-0.3, -0.25) is 0 Å². The van der Waals surface area contributed by atoms with Crippen LogP contribution in [-0.4, -0.2) is 35.2 Å². The number of rotatable bonds is 7. The minimum Gasteiger partial charge on any atom is -0.368 e. The van der Waals surface area contributed by atoms with E-state index >= 15 is 0 Å². The number of nitrogens with zero attached hydrogens (tertiary/aromatic N) is 7. The molecular weight excluding hydrogens is 357 g/mol. The van der Waals surface area contributed by atoms with Crippen LogP contribution in [0.4, 0.5) is 22.0 Å². The standard InChI is InChI=1S/C15H18FN9S/c1-9(2)7-25-15(22-23-24-25)26-8-12-19-13(17)21-14(20-12)18-11-5-3-10(16)4-6-11/h3-6,9H,7-8H2,1-2H3,(H3,17,18,19,20,21). The lowest BCUT2D eigenvalue weighted by atomic mass is 10.2. The van der Waals surface area contributed by atoms with Gasteiger partial charge in [-0.1, -0.05) is 25.6 Å². The molecule has 0 atom stereocenters. The molecule has 0 spiro atoms. The van der Waals surface area contributed by atoms with E-state index in [1.165, 1.54) is 23.9 Å². The maximum atomic E-state index is 13.0. The summed E-state index contributed by atoms with van der Waals surface area (Å²) in [6, 6.07) is 5.87. The number of halogens is 1. The van der Waals surface area contributed by atoms with Gasteiger partial charge in [0.1, 0.15) is 11.6 Å². The van der Waals surface area contributed by atoms with Crippen LogP contribution in [-0.2, 0) is 12.3 Å². The molecule has 136 valence electrons. The highest BCUT2D eigenvalue weighted by Crippen LogP contribution is 2.20. The Kier molecular flexibility index (Phi) is 5.56. The second-order valence-corrected chi connectivity index (χ2v) is 6.83. The maximum absolute atomic E-state index is 13.0. The van der Waals surface area contributed by atoms with Gasteiger partial charge in [-0.2, -0.15) is 15.0 Å². The molecule has 0 radical (unpaired) electrons. The number of nitrogens with two attached hydrogens (primary N) is 1. The van der Waals surface area contributed by atoms with Gasteiger partial charge in [0.25, 0.3) is 0 Å². The van der Waals surface area contributed by atoms with Crippen molar-refractivity contribution < 1.29 is 4.39 Å². The number of hydrogen-bond donors (Lipinski definition) is 2. The molecule has 3 rings (SSSR count). The number of anilines is 3. The van der Waals surface area contributed by atoms with E-state index in [4.69, 9.17) is 5.73 Å². The van der Waals surface area contributed by atoms with E-state index in [-0.39, 0.29) is 11.8 Å². The molecule has 9 nitrogen and oxygen atoms in total. The van der Waals surface area contributed by atoms with Crippen molar-refractivity contribution in [3.63, 3.8) is 0 Å². The molecule has 3 N–H and O–H groups in total. The highest BCUT2D eigenvalue weighted by molar-refractivity contribution is 7.98. The summed E-state index contributed by atoms with van der Waals surface area (Å²) in [6.07, 6.45) is 0. The number of hydrogen-bond acceptors (Lipinski definition) is 9. The van der Waals surface area contributed by atoms with Crippen molar-refractivity contribution in [2.45, 2.75) is 31.3 Å². The third-order valence-electron chi connectivity index (χ3n) is 3.17. The Morgan fingerprint density at radius 3 is 2.69 bits per heavy atom. The summed E-state index contributed by atoms with van der Waals surface area (Å²) >= 11 is 1.42. The average Bonchev–Trinajstić information content (AvgIpc) is 3.01. The van der Waals surface area contributed by atoms with Crippen molar-refractivity contribution in [1.82, 2.24) is 35.2 Å². The summed E-state index contributed by atoms with van der Waals surface area (Å²) in [5.74, 6) is 1.43. The molecule has 0 unspecified atom stereocenters. The predicted molar refractivity (Wildman–Crippen MR) is 96.1 cm³/mol. The van der Waals surface area contributed by atoms with Gasteiger partial charge in [-0.15, -0.1) is 5.10 Å². The Morgan fingerprint density at radius 1 is 1.19 bits per heavy atom. The van der Waals surface area contributed by atoms with E-state index in [0.717, 1.165) is 6.54 Å². The molecule has 0 bridgehead atoms. The first-order chi connectivity index (χ1) is 12.5. The second-order valence-electron chi connectivity index (χ2n) is 5.89. The van der Waals surface area contributed by atoms with E-state index in [0.29, 0.717) is 34.3 Å². The van der Waals surface area contributed by atoms with Gasteiger partial charge >= 0.3 is 0 Å². The van der Waals surface area contributed by atoms with Crippen molar-refractivity contribution in [3.8, 4) is 0 Å². The molecule has 0 saturated heterocycles. The van der Waals surface area contributed by atoms with Crippen LogP contribution in [0.5, 0.6) is 0 Å². The van der Waals surface area contributed by atoms with Crippen LogP contribution in [0.15, 0.2) is 29.4 Å². The number of benzene rings is 1. The Bertz CT molecular complexity index is 866. The fraction of sp³-hybridized carbons (Fsp3) is 0.333. The summed E-state index contributed by atoms with van der Waals surface area (Å²) in [5.41, 5.74) is 6.41. The van der Waals surface area contributed by atoms with E-state index in [1.54, 1.807) is 16.8 Å². The normalized spacial score (nSPS) is 11.1. The average molecular weight is 375 g/mol. The molecule has 0 aliphatic carbocycles. The number of aromatic nitrogens is 7. The molecule has 3 aromatic rings. The molecule has 0 saturated carbocycles. The molecule has 1 aromatic carbocycles. The first kappa shape index (κ1) is 18.0. The molecule has 0 amide bonds. The quantitative estimate of drug-likeness (QED) is 0.599. The van der Waals surface area contributed by atoms with Crippen LogP contribution in [0.2, 0.25) is 0 Å². The highest BCUT2D eigenvalue weighted by Gasteiger charge is 2.11. The zero-order valence-electron chi connectivity index (χ0n) is 14.3. The Hall–Kier alpha value is -2.82. The van der Waals surface area contributed by atoms with E-state index < -0.39 is 0 Å². The first-order valence-corrected chi connectivity index (χ1v) is 8.90. The van der Waals surface area contributed by atoms with Crippen molar-refractivity contribution in [2.75, 3.05) is 11.1 Å². The lowest BCUT2D eigenvalue weighted by Crippen LogP contribution is -2.09. The van der Waals surface area contributed by atoms with Crippen molar-refractivity contribution in [3.05, 3.63) is 35.9 Å². The van der Waals surface area contributed by atoms with Gasteiger partial charge in [0.05, 0.1) is 5.75 Å². The smallest absolute Gasteiger partial charge is 0.232 e. The summed E-state index contributed by atoms with van der Waals surface area (Å²) < 4.78 is 14.7. The fourth-order valence-electron chi connectivity index (χ4n) is 2.11. The van der Waals surface area contributed by atoms with Crippen LogP contribution < -0.4 is 11.1 Å². The predicted octanol–water partition coefficient (Wildman–Crippen LogP) is 2.27. The molecular formula is C15H18FN9S. The monoisotopic (exact) mass is 375 g/mol. The van der Waals surface area contributed by atoms with Crippen molar-refractivity contribution in [1.29, 1.82) is 0 Å². The van der Waals surface area contributed by atoms with Gasteiger partial charge in [-0.25, -0.2) is 9.07 Å². The summed E-state index contributed by atoms with van der Waals surface area (Å²) in [5, 5.41) is 15.4. The zero-order valence-corrected chi connectivity index (χ0v) is 15.1. The highest BCUT2D eigenvalue weighted by atomic mass is 32.2. The largest absolute Gasteiger partial charge is 0.368 e. The molecule has 26 heavy (non-hydrogen) atoms. The van der Waals surface area contributed by atoms with Crippen LogP contribution in [0.3, 0.4) is 0 Å². The molecule has 0 aliphatic heterocycles. The van der Waals surface area contributed by atoms with Gasteiger partial charge < -0.3 is 11.1 Å². The van der Waals surface area contributed by atoms with Gasteiger partial charge in [-0.05, 0) is 40.6 Å². The number of tetrazole rings is 1. The maximum Gasteiger partial charge on any atom is 0.232 e. The van der Waals surface area contributed by atoms with Crippen LogP contribution >= 0.6 is 11.8 Å². The summed E-state index contributed by atoms with van der Waals surface area (Å²) in [7, 11) is 0. The van der Waals surface area contributed by atoms with Crippen LogP contribution in [0.25, 0.3) is 0 Å². The summed E-state index contributed by atoms with van der Waals surface area (Å²) in [4.78, 5) is 12.5. The van der Waals surface area contributed by atoms with Crippen LogP contribution in [0, 0.1) is 11.7 Å². The molecule has 2 aromatic heterocycles. The minimum absolute atomic E-state index is 0.0991. The third-order valence-corrected chi connectivity index (χ3v) is 4.12. The fourth-order valence-corrected chi connectivity index (χ4v) is 2.85. The molecule has 2 heterocycles. The molecule has 0 aliphatic rings. The Labute approximate surface area is 153 Å². The Morgan fingerprint density at radius 2 is 1.96 bits per heavy atom. The van der Waals surface area contributed by atoms with Crippen molar-refractivity contribution >= 4 is 29.3 Å². The zero-order chi connectivity index (χ0) is 18.5. The third kappa shape index (κ3) is 4.85. The first-order valence-electron chi connectivity index (χ1n) is 7.91. The Balaban J connectivity index is 1.70. The topological polar surface area (TPSA) is 120 Å². The number of nitrogens with one attached hydrogen (secondary N) is 1. The van der Waals surface area contributed by atoms with Gasteiger partial charge in [0.15, 0.2) is 0 Å². The van der Waals surface area contributed by atoms with Crippen molar-refractivity contribution in [2.24, 2.45) is 5.92 Å². The lowest BCUT2D eigenvalue weighted by Gasteiger charge is -2.08. The summed E-state index contributed by atoms with van der Waals surface area (Å²) in [6.45, 7) is 4.92. The van der Waals surface area contributed by atoms with E-state index in [1.807, 2.05) is 0 Å². The molecule has 0 fully saturated rings. The van der Waals surface area contributed by atoms with Crippen LogP contribution in [0.1, 0.15) is 19.7 Å². The van der Waals surface area contributed by atoms with Gasteiger partial charge in [0.2, 0.25) is 17.1 Å². The second kappa shape index (κ2) is 8.04. The number of thioether (sulfide) groups is 1. The number of nitrogen functional groups attached to an aromatic ring is 1. The lowest BCUT2D eigenvalue weighted by molar-refractivity contribution is 0.445. The van der Waals surface area contributed by atoms with E-state index in [2.05, 4.69) is 49.6 Å². The minimum atomic E-state index is -0.318.